The monoisotopic (exact) mass is 373 g/mol. The summed E-state index contributed by atoms with van der Waals surface area (Å²) < 4.78 is 0. The zero-order valence-electron chi connectivity index (χ0n) is 17.2. The fraction of sp³-hybridized carbons (Fsp3) is 0.619. The van der Waals surface area contributed by atoms with Crippen LogP contribution in [-0.2, 0) is 6.42 Å². The molecule has 150 valence electrons. The predicted molar refractivity (Wildman–Crippen MR) is 112 cm³/mol. The predicted octanol–water partition coefficient (Wildman–Crippen LogP) is 1.87. The largest absolute Gasteiger partial charge is 0.356 e. The minimum Gasteiger partial charge on any atom is -0.356 e. The Morgan fingerprint density at radius 1 is 1.30 bits per heavy atom. The van der Waals surface area contributed by atoms with Crippen molar-refractivity contribution in [1.82, 2.24) is 20.9 Å². The van der Waals surface area contributed by atoms with E-state index in [1.165, 1.54) is 6.54 Å². The first-order valence-electron chi connectivity index (χ1n) is 10.0. The molecular weight excluding hydrogens is 338 g/mol. The van der Waals surface area contributed by atoms with Crippen LogP contribution in [-0.4, -0.2) is 63.1 Å². The van der Waals surface area contributed by atoms with E-state index in [4.69, 9.17) is 0 Å². The number of carbonyl (C=O) groups excluding carboxylic acids is 1. The third kappa shape index (κ3) is 7.21. The lowest BCUT2D eigenvalue weighted by Crippen LogP contribution is -2.49. The zero-order valence-corrected chi connectivity index (χ0v) is 17.2. The Labute approximate surface area is 163 Å². The fourth-order valence-corrected chi connectivity index (χ4v) is 3.50. The highest BCUT2D eigenvalue weighted by atomic mass is 16.1. The maximum absolute atomic E-state index is 11.7. The number of guanidine groups is 1. The topological polar surface area (TPSA) is 68.8 Å². The van der Waals surface area contributed by atoms with Gasteiger partial charge in [-0.05, 0) is 42.9 Å². The molecule has 1 aliphatic heterocycles. The highest BCUT2D eigenvalue weighted by Gasteiger charge is 2.20. The van der Waals surface area contributed by atoms with E-state index in [1.807, 2.05) is 25.2 Å². The Balaban J connectivity index is 1.74. The Morgan fingerprint density at radius 2 is 2.04 bits per heavy atom. The van der Waals surface area contributed by atoms with Crippen LogP contribution in [0, 0.1) is 5.92 Å². The van der Waals surface area contributed by atoms with E-state index in [0.29, 0.717) is 11.6 Å². The van der Waals surface area contributed by atoms with Crippen molar-refractivity contribution in [3.05, 3.63) is 35.4 Å². The van der Waals surface area contributed by atoms with E-state index in [-0.39, 0.29) is 5.91 Å². The molecule has 0 aromatic heterocycles. The summed E-state index contributed by atoms with van der Waals surface area (Å²) in [6.07, 6.45) is 3.15. The number of nitrogens with zero attached hydrogens (tertiary/aromatic N) is 2. The van der Waals surface area contributed by atoms with Crippen molar-refractivity contribution in [2.24, 2.45) is 10.9 Å². The zero-order chi connectivity index (χ0) is 19.6. The van der Waals surface area contributed by atoms with Gasteiger partial charge in [0.05, 0.1) is 0 Å². The summed E-state index contributed by atoms with van der Waals surface area (Å²) in [6.45, 7) is 8.83. The summed E-state index contributed by atoms with van der Waals surface area (Å²) >= 11 is 0. The number of benzene rings is 1. The Kier molecular flexibility index (Phi) is 8.58. The van der Waals surface area contributed by atoms with Crippen molar-refractivity contribution < 1.29 is 4.79 Å². The van der Waals surface area contributed by atoms with E-state index in [2.05, 4.69) is 45.8 Å². The normalized spacial score (nSPS) is 16.4. The van der Waals surface area contributed by atoms with Crippen molar-refractivity contribution in [2.75, 3.05) is 40.3 Å². The molecule has 0 spiro atoms. The summed E-state index contributed by atoms with van der Waals surface area (Å²) in [7, 11) is 3.47. The van der Waals surface area contributed by atoms with Crippen LogP contribution in [0.3, 0.4) is 0 Å². The van der Waals surface area contributed by atoms with Crippen LogP contribution in [0.4, 0.5) is 0 Å². The van der Waals surface area contributed by atoms with Crippen LogP contribution in [0.15, 0.2) is 29.3 Å². The first-order chi connectivity index (χ1) is 13.0. The second-order valence-corrected chi connectivity index (χ2v) is 7.64. The summed E-state index contributed by atoms with van der Waals surface area (Å²) in [5, 5.41) is 9.61. The summed E-state index contributed by atoms with van der Waals surface area (Å²) in [6, 6.07) is 8.24. The lowest BCUT2D eigenvalue weighted by atomic mass is 10.0. The van der Waals surface area contributed by atoms with Crippen molar-refractivity contribution >= 4 is 11.9 Å². The molecule has 1 saturated heterocycles. The van der Waals surface area contributed by atoms with E-state index < -0.39 is 0 Å². The Morgan fingerprint density at radius 3 is 2.67 bits per heavy atom. The molecule has 1 aromatic carbocycles. The molecule has 0 atom stereocenters. The van der Waals surface area contributed by atoms with Gasteiger partial charge in [0.1, 0.15) is 0 Å². The minimum atomic E-state index is -0.0499. The number of likely N-dealkylation sites (tertiary alicyclic amines) is 1. The SMILES string of the molecule is CN=C(NCCc1cccc(C(=O)NC)c1)NC1CCN(CC(C)C)CC1. The molecule has 6 nitrogen and oxygen atoms in total. The standard InChI is InChI=1S/C21H35N5O/c1-16(2)15-26-12-9-19(10-13-26)25-21(23-4)24-11-8-17-6-5-7-18(14-17)20(27)22-3/h5-7,14,16,19H,8-13,15H2,1-4H3,(H,22,27)(H2,23,24,25). The van der Waals surface area contributed by atoms with E-state index in [9.17, 15) is 4.79 Å². The molecule has 1 heterocycles. The average Bonchev–Trinajstić information content (AvgIpc) is 2.67. The van der Waals surface area contributed by atoms with Gasteiger partial charge >= 0.3 is 0 Å². The molecular formula is C21H35N5O. The van der Waals surface area contributed by atoms with Gasteiger partial charge in [-0.2, -0.15) is 0 Å². The van der Waals surface area contributed by atoms with E-state index in [0.717, 1.165) is 56.3 Å². The molecule has 1 aliphatic rings. The highest BCUT2D eigenvalue weighted by Crippen LogP contribution is 2.12. The van der Waals surface area contributed by atoms with Gasteiger partial charge < -0.3 is 20.9 Å². The maximum atomic E-state index is 11.7. The third-order valence-corrected chi connectivity index (χ3v) is 4.90. The molecule has 0 saturated carbocycles. The van der Waals surface area contributed by atoms with Crippen molar-refractivity contribution in [3.8, 4) is 0 Å². The summed E-state index contributed by atoms with van der Waals surface area (Å²) in [4.78, 5) is 18.6. The van der Waals surface area contributed by atoms with Gasteiger partial charge in [-0.15, -0.1) is 0 Å². The molecule has 6 heteroatoms. The first kappa shape index (κ1) is 21.2. The van der Waals surface area contributed by atoms with E-state index >= 15 is 0 Å². The fourth-order valence-electron chi connectivity index (χ4n) is 3.50. The van der Waals surface area contributed by atoms with E-state index in [1.54, 1.807) is 7.05 Å². The van der Waals surface area contributed by atoms with Gasteiger partial charge in [-0.3, -0.25) is 9.79 Å². The van der Waals surface area contributed by atoms with Crippen LogP contribution in [0.25, 0.3) is 0 Å². The van der Waals surface area contributed by atoms with Gasteiger partial charge in [0.2, 0.25) is 0 Å². The second-order valence-electron chi connectivity index (χ2n) is 7.64. The van der Waals surface area contributed by atoms with Crippen molar-refractivity contribution in [3.63, 3.8) is 0 Å². The van der Waals surface area contributed by atoms with Gasteiger partial charge in [0, 0.05) is 51.9 Å². The second kappa shape index (κ2) is 10.9. The summed E-state index contributed by atoms with van der Waals surface area (Å²) in [5.41, 5.74) is 1.84. The molecule has 27 heavy (non-hydrogen) atoms. The highest BCUT2D eigenvalue weighted by molar-refractivity contribution is 5.94. The number of rotatable bonds is 7. The Hall–Kier alpha value is -2.08. The minimum absolute atomic E-state index is 0.0499. The number of nitrogens with one attached hydrogen (secondary N) is 3. The van der Waals surface area contributed by atoms with Crippen LogP contribution in [0.1, 0.15) is 42.6 Å². The summed E-state index contributed by atoms with van der Waals surface area (Å²) in [5.74, 6) is 1.54. The first-order valence-corrected chi connectivity index (χ1v) is 10.0. The molecule has 0 unspecified atom stereocenters. The number of carbonyl (C=O) groups is 1. The molecule has 1 fully saturated rings. The number of hydrogen-bond acceptors (Lipinski definition) is 3. The van der Waals surface area contributed by atoms with Crippen LogP contribution >= 0.6 is 0 Å². The number of piperidine rings is 1. The molecule has 0 bridgehead atoms. The number of hydrogen-bond donors (Lipinski definition) is 3. The van der Waals surface area contributed by atoms with Gasteiger partial charge in [-0.1, -0.05) is 26.0 Å². The lowest BCUT2D eigenvalue weighted by molar-refractivity contribution is 0.0963. The van der Waals surface area contributed by atoms with Gasteiger partial charge in [-0.25, -0.2) is 0 Å². The third-order valence-electron chi connectivity index (χ3n) is 4.90. The number of aliphatic imine (C=N–C) groups is 1. The van der Waals surface area contributed by atoms with Crippen molar-refractivity contribution in [2.45, 2.75) is 39.2 Å². The van der Waals surface area contributed by atoms with Crippen LogP contribution in [0.5, 0.6) is 0 Å². The van der Waals surface area contributed by atoms with Crippen LogP contribution < -0.4 is 16.0 Å². The van der Waals surface area contributed by atoms with Crippen LogP contribution in [0.2, 0.25) is 0 Å². The smallest absolute Gasteiger partial charge is 0.251 e. The number of amides is 1. The van der Waals surface area contributed by atoms with Gasteiger partial charge in [0.25, 0.3) is 5.91 Å². The molecule has 0 radical (unpaired) electrons. The molecule has 0 aliphatic carbocycles. The quantitative estimate of drug-likeness (QED) is 0.504. The molecule has 2 rings (SSSR count). The maximum Gasteiger partial charge on any atom is 0.251 e. The molecule has 1 amide bonds. The lowest BCUT2D eigenvalue weighted by Gasteiger charge is -2.34. The molecule has 3 N–H and O–H groups in total. The molecule has 1 aromatic rings. The van der Waals surface area contributed by atoms with Gasteiger partial charge in [0.15, 0.2) is 5.96 Å². The Bertz CT molecular complexity index is 621. The average molecular weight is 374 g/mol. The van der Waals surface area contributed by atoms with Crippen molar-refractivity contribution in [1.29, 1.82) is 0 Å².